The highest BCUT2D eigenvalue weighted by atomic mass is 32.1. The maximum atomic E-state index is 12.7. The van der Waals surface area contributed by atoms with E-state index >= 15 is 0 Å². The van der Waals surface area contributed by atoms with E-state index in [0.717, 1.165) is 0 Å². The van der Waals surface area contributed by atoms with Gasteiger partial charge in [-0.25, -0.2) is 0 Å². The van der Waals surface area contributed by atoms with Crippen molar-refractivity contribution in [3.63, 3.8) is 0 Å². The van der Waals surface area contributed by atoms with Crippen LogP contribution in [0.2, 0.25) is 0 Å². The Labute approximate surface area is 152 Å². The molecule has 134 valence electrons. The lowest BCUT2D eigenvalue weighted by Crippen LogP contribution is -2.28. The standard InChI is InChI=1S/C17H15N3O5S/c21-15(18-8-10-2-1-5-23-10)3-4-20-16(22)11-6-13-14(25-9-24-13)7-12(11)19-17(20)26/h1-2,5-7H,3-4,8-9H2,(H,18,21)(H,19,26). The van der Waals surface area contributed by atoms with Gasteiger partial charge in [-0.1, -0.05) is 0 Å². The second-order valence-corrected chi connectivity index (χ2v) is 6.13. The Morgan fingerprint density at radius 3 is 2.88 bits per heavy atom. The summed E-state index contributed by atoms with van der Waals surface area (Å²) in [6.07, 6.45) is 1.66. The third kappa shape index (κ3) is 3.08. The van der Waals surface area contributed by atoms with Gasteiger partial charge in [0, 0.05) is 19.0 Å². The number of furan rings is 1. The zero-order valence-electron chi connectivity index (χ0n) is 13.6. The highest BCUT2D eigenvalue weighted by molar-refractivity contribution is 7.71. The normalized spacial score (nSPS) is 12.5. The van der Waals surface area contributed by atoms with Gasteiger partial charge in [-0.2, -0.15) is 0 Å². The van der Waals surface area contributed by atoms with Gasteiger partial charge >= 0.3 is 0 Å². The largest absolute Gasteiger partial charge is 0.467 e. The summed E-state index contributed by atoms with van der Waals surface area (Å²) in [5, 5.41) is 3.17. The molecule has 1 aromatic carbocycles. The zero-order valence-corrected chi connectivity index (χ0v) is 14.4. The number of carbonyl (C=O) groups is 1. The molecule has 0 bridgehead atoms. The second-order valence-electron chi connectivity index (χ2n) is 5.74. The van der Waals surface area contributed by atoms with E-state index in [-0.39, 0.29) is 36.0 Å². The number of hydrogen-bond acceptors (Lipinski definition) is 6. The van der Waals surface area contributed by atoms with Gasteiger partial charge in [0.2, 0.25) is 12.7 Å². The minimum absolute atomic E-state index is 0.119. The molecular formula is C17H15N3O5S. The molecule has 3 aromatic rings. The highest BCUT2D eigenvalue weighted by Crippen LogP contribution is 2.34. The fourth-order valence-electron chi connectivity index (χ4n) is 2.75. The summed E-state index contributed by atoms with van der Waals surface area (Å²) >= 11 is 5.27. The lowest BCUT2D eigenvalue weighted by Gasteiger charge is -2.09. The van der Waals surface area contributed by atoms with Gasteiger partial charge in [0.1, 0.15) is 5.76 Å². The number of fused-ring (bicyclic) bond motifs is 2. The molecule has 1 aliphatic heterocycles. The topological polar surface area (TPSA) is 98.5 Å². The first-order valence-corrected chi connectivity index (χ1v) is 8.38. The Hall–Kier alpha value is -3.07. The Kier molecular flexibility index (Phi) is 4.21. The summed E-state index contributed by atoms with van der Waals surface area (Å²) < 4.78 is 17.4. The molecular weight excluding hydrogens is 358 g/mol. The molecule has 0 radical (unpaired) electrons. The molecule has 0 aliphatic carbocycles. The maximum Gasteiger partial charge on any atom is 0.262 e. The van der Waals surface area contributed by atoms with Crippen molar-refractivity contribution in [2.75, 3.05) is 6.79 Å². The number of hydrogen-bond donors (Lipinski definition) is 2. The quantitative estimate of drug-likeness (QED) is 0.665. The number of aromatic amines is 1. The first kappa shape index (κ1) is 16.4. The fraction of sp³-hybridized carbons (Fsp3) is 0.235. The molecule has 8 nitrogen and oxygen atoms in total. The lowest BCUT2D eigenvalue weighted by molar-refractivity contribution is -0.121. The number of nitrogens with one attached hydrogen (secondary N) is 2. The number of H-pyrrole nitrogens is 1. The van der Waals surface area contributed by atoms with Crippen LogP contribution in [0.15, 0.2) is 39.7 Å². The average molecular weight is 373 g/mol. The molecule has 2 N–H and O–H groups in total. The van der Waals surface area contributed by atoms with E-state index in [4.69, 9.17) is 26.1 Å². The zero-order chi connectivity index (χ0) is 18.1. The van der Waals surface area contributed by atoms with Crippen molar-refractivity contribution in [3.05, 3.63) is 51.4 Å². The number of carbonyl (C=O) groups excluding carboxylic acids is 1. The molecule has 9 heteroatoms. The number of ether oxygens (including phenoxy) is 2. The smallest absolute Gasteiger partial charge is 0.262 e. The van der Waals surface area contributed by atoms with Crippen LogP contribution in [0, 0.1) is 4.77 Å². The monoisotopic (exact) mass is 373 g/mol. The molecule has 26 heavy (non-hydrogen) atoms. The number of rotatable bonds is 5. The summed E-state index contributed by atoms with van der Waals surface area (Å²) in [4.78, 5) is 27.7. The van der Waals surface area contributed by atoms with Gasteiger partial charge in [-0.05, 0) is 30.4 Å². The lowest BCUT2D eigenvalue weighted by atomic mass is 10.2. The van der Waals surface area contributed by atoms with E-state index in [1.54, 1.807) is 30.5 Å². The molecule has 0 fully saturated rings. The van der Waals surface area contributed by atoms with Crippen molar-refractivity contribution in [2.45, 2.75) is 19.5 Å². The minimum Gasteiger partial charge on any atom is -0.467 e. The van der Waals surface area contributed by atoms with E-state index < -0.39 is 0 Å². The first-order valence-electron chi connectivity index (χ1n) is 7.97. The van der Waals surface area contributed by atoms with Crippen molar-refractivity contribution in [1.82, 2.24) is 14.9 Å². The van der Waals surface area contributed by atoms with E-state index in [2.05, 4.69) is 10.3 Å². The van der Waals surface area contributed by atoms with Crippen LogP contribution in [0.5, 0.6) is 11.5 Å². The molecule has 1 aliphatic rings. The number of amides is 1. The molecule has 0 spiro atoms. The SMILES string of the molecule is O=C(CCn1c(=S)[nH]c2cc3c(cc2c1=O)OCO3)NCc1ccco1. The van der Waals surface area contributed by atoms with Crippen LogP contribution in [0.4, 0.5) is 0 Å². The Morgan fingerprint density at radius 2 is 2.12 bits per heavy atom. The molecule has 0 atom stereocenters. The molecule has 2 aromatic heterocycles. The van der Waals surface area contributed by atoms with Gasteiger partial charge in [-0.15, -0.1) is 0 Å². The van der Waals surface area contributed by atoms with Gasteiger partial charge < -0.3 is 24.2 Å². The molecule has 3 heterocycles. The second kappa shape index (κ2) is 6.68. The summed E-state index contributed by atoms with van der Waals surface area (Å²) in [7, 11) is 0. The molecule has 0 saturated carbocycles. The maximum absolute atomic E-state index is 12.7. The summed E-state index contributed by atoms with van der Waals surface area (Å²) in [5.74, 6) is 1.54. The van der Waals surface area contributed by atoms with E-state index in [0.29, 0.717) is 34.7 Å². The number of aromatic nitrogens is 2. The predicted octanol–water partition coefficient (Wildman–Crippen LogP) is 2.09. The van der Waals surface area contributed by atoms with Crippen molar-refractivity contribution < 1.29 is 18.7 Å². The van der Waals surface area contributed by atoms with Crippen molar-refractivity contribution >= 4 is 29.0 Å². The van der Waals surface area contributed by atoms with Crippen LogP contribution in [-0.2, 0) is 17.9 Å². The van der Waals surface area contributed by atoms with E-state index in [1.807, 2.05) is 0 Å². The average Bonchev–Trinajstić information content (AvgIpc) is 3.29. The molecule has 4 rings (SSSR count). The highest BCUT2D eigenvalue weighted by Gasteiger charge is 2.17. The third-order valence-electron chi connectivity index (χ3n) is 4.08. The van der Waals surface area contributed by atoms with Crippen LogP contribution in [0.3, 0.4) is 0 Å². The summed E-state index contributed by atoms with van der Waals surface area (Å²) in [6.45, 7) is 0.591. The Morgan fingerprint density at radius 1 is 1.31 bits per heavy atom. The Bertz CT molecular complexity index is 1080. The Balaban J connectivity index is 1.53. The molecule has 0 saturated heterocycles. The van der Waals surface area contributed by atoms with Crippen molar-refractivity contribution in [1.29, 1.82) is 0 Å². The summed E-state index contributed by atoms with van der Waals surface area (Å²) in [6, 6.07) is 6.84. The number of nitrogens with zero attached hydrogens (tertiary/aromatic N) is 1. The minimum atomic E-state index is -0.277. The molecule has 0 unspecified atom stereocenters. The van der Waals surface area contributed by atoms with Crippen molar-refractivity contribution in [2.24, 2.45) is 0 Å². The summed E-state index contributed by atoms with van der Waals surface area (Å²) in [5.41, 5.74) is 0.295. The van der Waals surface area contributed by atoms with Crippen LogP contribution in [0.1, 0.15) is 12.2 Å². The van der Waals surface area contributed by atoms with Gasteiger partial charge in [0.05, 0.1) is 23.7 Å². The van der Waals surface area contributed by atoms with Gasteiger partial charge in [0.15, 0.2) is 16.3 Å². The third-order valence-corrected chi connectivity index (χ3v) is 4.40. The van der Waals surface area contributed by atoms with Crippen LogP contribution < -0.4 is 20.3 Å². The van der Waals surface area contributed by atoms with Crippen LogP contribution >= 0.6 is 12.2 Å². The fourth-order valence-corrected chi connectivity index (χ4v) is 3.03. The van der Waals surface area contributed by atoms with Crippen LogP contribution in [-0.4, -0.2) is 22.3 Å². The van der Waals surface area contributed by atoms with Gasteiger partial charge in [0.25, 0.3) is 5.56 Å². The van der Waals surface area contributed by atoms with Gasteiger partial charge in [-0.3, -0.25) is 14.2 Å². The van der Waals surface area contributed by atoms with Crippen LogP contribution in [0.25, 0.3) is 10.9 Å². The predicted molar refractivity (Wildman–Crippen MR) is 94.7 cm³/mol. The number of benzene rings is 1. The van der Waals surface area contributed by atoms with E-state index in [9.17, 15) is 9.59 Å². The molecule has 1 amide bonds. The van der Waals surface area contributed by atoms with E-state index in [1.165, 1.54) is 4.57 Å². The van der Waals surface area contributed by atoms with Crippen molar-refractivity contribution in [3.8, 4) is 11.5 Å². The first-order chi connectivity index (χ1) is 12.6.